The van der Waals surface area contributed by atoms with Crippen molar-refractivity contribution in [2.45, 2.75) is 26.4 Å². The highest BCUT2D eigenvalue weighted by Crippen LogP contribution is 1.95. The van der Waals surface area contributed by atoms with Gasteiger partial charge < -0.3 is 5.32 Å². The number of hydrogen-bond donors (Lipinski definition) is 1. The van der Waals surface area contributed by atoms with Gasteiger partial charge in [0.1, 0.15) is 12.2 Å². The van der Waals surface area contributed by atoms with Gasteiger partial charge in [0, 0.05) is 6.54 Å². The van der Waals surface area contributed by atoms with Gasteiger partial charge in [-0.05, 0) is 31.9 Å². The highest BCUT2D eigenvalue weighted by molar-refractivity contribution is 7.98. The summed E-state index contributed by atoms with van der Waals surface area (Å²) in [5.41, 5.74) is 0. The van der Waals surface area contributed by atoms with Crippen molar-refractivity contribution in [3.05, 3.63) is 12.2 Å². The van der Waals surface area contributed by atoms with Crippen LogP contribution in [-0.4, -0.2) is 33.3 Å². The summed E-state index contributed by atoms with van der Waals surface area (Å²) in [5.74, 6) is 2.24. The Balaban J connectivity index is 2.17. The summed E-state index contributed by atoms with van der Waals surface area (Å²) < 4.78 is 1.92. The van der Waals surface area contributed by atoms with E-state index in [1.165, 1.54) is 12.2 Å². The van der Waals surface area contributed by atoms with E-state index in [9.17, 15) is 0 Å². The Morgan fingerprint density at radius 3 is 3.14 bits per heavy atom. The van der Waals surface area contributed by atoms with Crippen LogP contribution >= 0.6 is 11.8 Å². The Morgan fingerprint density at radius 1 is 1.57 bits per heavy atom. The van der Waals surface area contributed by atoms with Crippen LogP contribution in [0.2, 0.25) is 0 Å². The molecule has 0 fully saturated rings. The quantitative estimate of drug-likeness (QED) is 0.691. The van der Waals surface area contributed by atoms with Gasteiger partial charge in [-0.2, -0.15) is 16.9 Å². The molecule has 0 aliphatic heterocycles. The lowest BCUT2D eigenvalue weighted by atomic mass is 10.4. The number of aromatic nitrogens is 3. The minimum atomic E-state index is 0.822. The maximum Gasteiger partial charge on any atom is 0.140 e. The van der Waals surface area contributed by atoms with Crippen LogP contribution in [0.3, 0.4) is 0 Å². The maximum absolute atomic E-state index is 4.19. The highest BCUT2D eigenvalue weighted by atomic mass is 32.2. The van der Waals surface area contributed by atoms with E-state index in [0.717, 1.165) is 25.5 Å². The van der Waals surface area contributed by atoms with Crippen molar-refractivity contribution < 1.29 is 0 Å². The van der Waals surface area contributed by atoms with Crippen LogP contribution in [0.25, 0.3) is 0 Å². The van der Waals surface area contributed by atoms with E-state index in [1.54, 1.807) is 6.33 Å². The highest BCUT2D eigenvalue weighted by Gasteiger charge is 2.00. The van der Waals surface area contributed by atoms with Crippen LogP contribution < -0.4 is 5.32 Å². The van der Waals surface area contributed by atoms with E-state index in [2.05, 4.69) is 28.6 Å². The SMILES string of the molecule is CCn1ncnc1CNCCCSC. The third-order valence-corrected chi connectivity index (χ3v) is 2.68. The molecule has 0 spiro atoms. The summed E-state index contributed by atoms with van der Waals surface area (Å²) >= 11 is 1.88. The van der Waals surface area contributed by atoms with Gasteiger partial charge in [-0.3, -0.25) is 0 Å². The van der Waals surface area contributed by atoms with E-state index in [0.29, 0.717) is 0 Å². The van der Waals surface area contributed by atoms with Crippen molar-refractivity contribution in [2.24, 2.45) is 0 Å². The van der Waals surface area contributed by atoms with Crippen LogP contribution in [0.1, 0.15) is 19.2 Å². The first-order valence-corrected chi connectivity index (χ1v) is 6.34. The molecular formula is C9H18N4S. The minimum Gasteiger partial charge on any atom is -0.310 e. The zero-order valence-electron chi connectivity index (χ0n) is 8.86. The minimum absolute atomic E-state index is 0.822. The Labute approximate surface area is 89.5 Å². The summed E-state index contributed by atoms with van der Waals surface area (Å²) in [6.45, 7) is 4.84. The number of thioether (sulfide) groups is 1. The summed E-state index contributed by atoms with van der Waals surface area (Å²) in [6.07, 6.45) is 4.96. The molecule has 0 unspecified atom stereocenters. The van der Waals surface area contributed by atoms with Crippen LogP contribution in [0.5, 0.6) is 0 Å². The molecule has 0 atom stereocenters. The molecule has 0 saturated carbocycles. The van der Waals surface area contributed by atoms with Gasteiger partial charge in [0.25, 0.3) is 0 Å². The lowest BCUT2D eigenvalue weighted by Crippen LogP contribution is -2.18. The van der Waals surface area contributed by atoms with Crippen molar-refractivity contribution in [3.63, 3.8) is 0 Å². The number of rotatable bonds is 7. The standard InChI is InChI=1S/C9H18N4S/c1-3-13-9(11-8-12-13)7-10-5-4-6-14-2/h8,10H,3-7H2,1-2H3. The number of hydrogen-bond acceptors (Lipinski definition) is 4. The van der Waals surface area contributed by atoms with Crippen LogP contribution in [-0.2, 0) is 13.1 Å². The van der Waals surface area contributed by atoms with Gasteiger partial charge in [0.2, 0.25) is 0 Å². The molecule has 1 heterocycles. The molecule has 0 aliphatic rings. The first kappa shape index (κ1) is 11.5. The van der Waals surface area contributed by atoms with Gasteiger partial charge in [-0.25, -0.2) is 9.67 Å². The fourth-order valence-corrected chi connectivity index (χ4v) is 1.66. The molecule has 0 radical (unpaired) electrons. The van der Waals surface area contributed by atoms with Gasteiger partial charge in [-0.1, -0.05) is 0 Å². The van der Waals surface area contributed by atoms with E-state index >= 15 is 0 Å². The van der Waals surface area contributed by atoms with Gasteiger partial charge in [-0.15, -0.1) is 0 Å². The van der Waals surface area contributed by atoms with Gasteiger partial charge >= 0.3 is 0 Å². The van der Waals surface area contributed by atoms with Crippen LogP contribution in [0, 0.1) is 0 Å². The molecular weight excluding hydrogens is 196 g/mol. The number of nitrogens with one attached hydrogen (secondary N) is 1. The maximum atomic E-state index is 4.19. The van der Waals surface area contributed by atoms with Crippen molar-refractivity contribution in [1.29, 1.82) is 0 Å². The zero-order valence-corrected chi connectivity index (χ0v) is 9.68. The Bertz CT molecular complexity index is 249. The van der Waals surface area contributed by atoms with Crippen molar-refractivity contribution in [3.8, 4) is 0 Å². The molecule has 1 rings (SSSR count). The largest absolute Gasteiger partial charge is 0.310 e. The molecule has 4 nitrogen and oxygen atoms in total. The molecule has 80 valence electrons. The normalized spacial score (nSPS) is 10.7. The predicted molar refractivity (Wildman–Crippen MR) is 60.4 cm³/mol. The van der Waals surface area contributed by atoms with E-state index in [-0.39, 0.29) is 0 Å². The zero-order chi connectivity index (χ0) is 10.2. The molecule has 0 aliphatic carbocycles. The number of nitrogens with zero attached hydrogens (tertiary/aromatic N) is 3. The average molecular weight is 214 g/mol. The summed E-state index contributed by atoms with van der Waals surface area (Å²) in [5, 5.41) is 7.47. The van der Waals surface area contributed by atoms with Gasteiger partial charge in [0.05, 0.1) is 6.54 Å². The van der Waals surface area contributed by atoms with Crippen LogP contribution in [0.15, 0.2) is 6.33 Å². The smallest absolute Gasteiger partial charge is 0.140 e. The summed E-state index contributed by atoms with van der Waals surface area (Å²) in [4.78, 5) is 4.19. The van der Waals surface area contributed by atoms with Crippen LogP contribution in [0.4, 0.5) is 0 Å². The molecule has 0 bridgehead atoms. The molecule has 5 heteroatoms. The number of aryl methyl sites for hydroxylation is 1. The third kappa shape index (κ3) is 3.67. The second-order valence-corrected chi connectivity index (χ2v) is 4.00. The molecule has 1 aromatic heterocycles. The molecule has 0 amide bonds. The van der Waals surface area contributed by atoms with E-state index in [1.807, 2.05) is 16.4 Å². The average Bonchev–Trinajstić information content (AvgIpc) is 2.65. The summed E-state index contributed by atoms with van der Waals surface area (Å²) in [7, 11) is 0. The molecule has 1 aromatic rings. The first-order valence-electron chi connectivity index (χ1n) is 4.94. The second-order valence-electron chi connectivity index (χ2n) is 3.02. The van der Waals surface area contributed by atoms with E-state index < -0.39 is 0 Å². The summed E-state index contributed by atoms with van der Waals surface area (Å²) in [6, 6.07) is 0. The van der Waals surface area contributed by atoms with Gasteiger partial charge in [0.15, 0.2) is 0 Å². The van der Waals surface area contributed by atoms with Crippen molar-refractivity contribution in [2.75, 3.05) is 18.6 Å². The first-order chi connectivity index (χ1) is 6.88. The van der Waals surface area contributed by atoms with Crippen molar-refractivity contribution >= 4 is 11.8 Å². The van der Waals surface area contributed by atoms with E-state index in [4.69, 9.17) is 0 Å². The lowest BCUT2D eigenvalue weighted by Gasteiger charge is -2.04. The fraction of sp³-hybridized carbons (Fsp3) is 0.778. The third-order valence-electron chi connectivity index (χ3n) is 1.98. The second kappa shape index (κ2) is 6.84. The molecule has 0 saturated heterocycles. The van der Waals surface area contributed by atoms with Crippen molar-refractivity contribution in [1.82, 2.24) is 20.1 Å². The topological polar surface area (TPSA) is 42.7 Å². The Kier molecular flexibility index (Phi) is 5.63. The predicted octanol–water partition coefficient (Wildman–Crippen LogP) is 1.14. The Morgan fingerprint density at radius 2 is 2.43 bits per heavy atom. The fourth-order valence-electron chi connectivity index (χ4n) is 1.23. The molecule has 1 N–H and O–H groups in total. The molecule has 14 heavy (non-hydrogen) atoms. The Hall–Kier alpha value is -0.550. The lowest BCUT2D eigenvalue weighted by molar-refractivity contribution is 0.571. The molecule has 0 aromatic carbocycles. The monoisotopic (exact) mass is 214 g/mol.